The van der Waals surface area contributed by atoms with Gasteiger partial charge in [-0.15, -0.1) is 0 Å². The predicted molar refractivity (Wildman–Crippen MR) is 95.0 cm³/mol. The van der Waals surface area contributed by atoms with Crippen LogP contribution in [0.3, 0.4) is 0 Å². The number of aromatic nitrogens is 2. The Morgan fingerprint density at radius 1 is 1.04 bits per heavy atom. The van der Waals surface area contributed by atoms with Gasteiger partial charge in [-0.1, -0.05) is 24.3 Å². The normalized spacial score (nSPS) is 10.5. The van der Waals surface area contributed by atoms with Crippen LogP contribution in [0.1, 0.15) is 21.7 Å². The van der Waals surface area contributed by atoms with Crippen LogP contribution in [0, 0.1) is 6.92 Å². The zero-order valence-corrected chi connectivity index (χ0v) is 14.1. The summed E-state index contributed by atoms with van der Waals surface area (Å²) in [6.45, 7) is 1.67. The molecule has 3 rings (SSSR count). The van der Waals surface area contributed by atoms with Crippen molar-refractivity contribution in [3.63, 3.8) is 0 Å². The highest BCUT2D eigenvalue weighted by Crippen LogP contribution is 2.14. The third-order valence-corrected chi connectivity index (χ3v) is 3.70. The lowest BCUT2D eigenvalue weighted by molar-refractivity contribution is -0.139. The van der Waals surface area contributed by atoms with E-state index < -0.39 is 12.6 Å². The van der Waals surface area contributed by atoms with Gasteiger partial charge >= 0.3 is 5.97 Å². The molecule has 0 aliphatic carbocycles. The average Bonchev–Trinajstić information content (AvgIpc) is 2.64. The number of carbonyl (C=O) groups excluding carboxylic acids is 1. The second-order valence-electron chi connectivity index (χ2n) is 5.66. The van der Waals surface area contributed by atoms with Crippen LogP contribution < -0.4 is 10.1 Å². The van der Waals surface area contributed by atoms with E-state index in [0.29, 0.717) is 29.2 Å². The SMILES string of the molecule is Cc1nc2ccccc2nc1C(=O)NCc1ccc(OCC(=O)O)cc1. The van der Waals surface area contributed by atoms with Crippen LogP contribution >= 0.6 is 0 Å². The first kappa shape index (κ1) is 17.3. The maximum atomic E-state index is 12.4. The van der Waals surface area contributed by atoms with Crippen LogP contribution in [0.15, 0.2) is 48.5 Å². The van der Waals surface area contributed by atoms with Gasteiger partial charge in [-0.05, 0) is 36.8 Å². The number of benzene rings is 2. The van der Waals surface area contributed by atoms with E-state index in [1.807, 2.05) is 24.3 Å². The molecule has 0 radical (unpaired) electrons. The van der Waals surface area contributed by atoms with Gasteiger partial charge in [0.1, 0.15) is 11.4 Å². The van der Waals surface area contributed by atoms with Crippen molar-refractivity contribution in [2.75, 3.05) is 6.61 Å². The number of aliphatic carboxylic acids is 1. The molecular formula is C19H17N3O4. The topological polar surface area (TPSA) is 101 Å². The lowest BCUT2D eigenvalue weighted by atomic mass is 10.2. The molecular weight excluding hydrogens is 334 g/mol. The smallest absolute Gasteiger partial charge is 0.341 e. The van der Waals surface area contributed by atoms with Crippen LogP contribution in [0.25, 0.3) is 11.0 Å². The molecule has 0 saturated heterocycles. The maximum absolute atomic E-state index is 12.4. The minimum Gasteiger partial charge on any atom is -0.482 e. The molecule has 0 bridgehead atoms. The van der Waals surface area contributed by atoms with E-state index in [0.717, 1.165) is 11.1 Å². The molecule has 132 valence electrons. The molecule has 2 N–H and O–H groups in total. The molecule has 0 aliphatic heterocycles. The molecule has 7 nitrogen and oxygen atoms in total. The van der Waals surface area contributed by atoms with Crippen LogP contribution in [0.4, 0.5) is 0 Å². The van der Waals surface area contributed by atoms with Crippen molar-refractivity contribution < 1.29 is 19.4 Å². The molecule has 3 aromatic rings. The summed E-state index contributed by atoms with van der Waals surface area (Å²) in [5.41, 5.74) is 3.14. The predicted octanol–water partition coefficient (Wildman–Crippen LogP) is 2.33. The summed E-state index contributed by atoms with van der Waals surface area (Å²) >= 11 is 0. The van der Waals surface area contributed by atoms with E-state index in [1.54, 1.807) is 31.2 Å². The number of rotatable bonds is 6. The summed E-state index contributed by atoms with van der Waals surface area (Å²) < 4.78 is 5.07. The van der Waals surface area contributed by atoms with Crippen molar-refractivity contribution in [2.24, 2.45) is 0 Å². The van der Waals surface area contributed by atoms with Gasteiger partial charge in [-0.2, -0.15) is 0 Å². The van der Waals surface area contributed by atoms with E-state index in [-0.39, 0.29) is 5.91 Å². The number of para-hydroxylation sites is 2. The van der Waals surface area contributed by atoms with Crippen LogP contribution in [0.2, 0.25) is 0 Å². The van der Waals surface area contributed by atoms with Gasteiger partial charge in [0.25, 0.3) is 5.91 Å². The van der Waals surface area contributed by atoms with Crippen molar-refractivity contribution in [1.29, 1.82) is 0 Å². The molecule has 0 atom stereocenters. The highest BCUT2D eigenvalue weighted by Gasteiger charge is 2.13. The summed E-state index contributed by atoms with van der Waals surface area (Å²) in [6, 6.07) is 14.2. The summed E-state index contributed by atoms with van der Waals surface area (Å²) in [4.78, 5) is 31.7. The third kappa shape index (κ3) is 4.13. The van der Waals surface area contributed by atoms with Gasteiger partial charge in [0, 0.05) is 6.54 Å². The van der Waals surface area contributed by atoms with Crippen molar-refractivity contribution in [3.8, 4) is 5.75 Å². The summed E-state index contributed by atoms with van der Waals surface area (Å²) in [5, 5.41) is 11.4. The zero-order valence-electron chi connectivity index (χ0n) is 14.1. The first-order valence-corrected chi connectivity index (χ1v) is 7.98. The van der Waals surface area contributed by atoms with Crippen LogP contribution in [-0.2, 0) is 11.3 Å². The van der Waals surface area contributed by atoms with E-state index in [2.05, 4.69) is 15.3 Å². The van der Waals surface area contributed by atoms with Gasteiger partial charge in [-0.3, -0.25) is 4.79 Å². The fourth-order valence-corrected chi connectivity index (χ4v) is 2.42. The number of hydrogen-bond donors (Lipinski definition) is 2. The molecule has 0 unspecified atom stereocenters. The summed E-state index contributed by atoms with van der Waals surface area (Å²) in [7, 11) is 0. The fourth-order valence-electron chi connectivity index (χ4n) is 2.42. The second-order valence-corrected chi connectivity index (χ2v) is 5.66. The quantitative estimate of drug-likeness (QED) is 0.707. The Hall–Kier alpha value is -3.48. The molecule has 1 aromatic heterocycles. The highest BCUT2D eigenvalue weighted by molar-refractivity contribution is 5.95. The molecule has 0 saturated carbocycles. The van der Waals surface area contributed by atoms with Crippen LogP contribution in [-0.4, -0.2) is 33.6 Å². The number of fused-ring (bicyclic) bond motifs is 1. The second kappa shape index (κ2) is 7.60. The number of aryl methyl sites for hydroxylation is 1. The van der Waals surface area contributed by atoms with Crippen molar-refractivity contribution >= 4 is 22.9 Å². The van der Waals surface area contributed by atoms with Crippen LogP contribution in [0.5, 0.6) is 5.75 Å². The molecule has 0 spiro atoms. The number of hydrogen-bond acceptors (Lipinski definition) is 5. The minimum absolute atomic E-state index is 0.296. The Bertz CT molecular complexity index is 955. The monoisotopic (exact) mass is 351 g/mol. The summed E-state index contributed by atoms with van der Waals surface area (Å²) in [5.74, 6) is -0.876. The third-order valence-electron chi connectivity index (χ3n) is 3.70. The zero-order chi connectivity index (χ0) is 18.5. The lowest BCUT2D eigenvalue weighted by Crippen LogP contribution is -2.25. The summed E-state index contributed by atoms with van der Waals surface area (Å²) in [6.07, 6.45) is 0. The van der Waals surface area contributed by atoms with Gasteiger partial charge in [0.15, 0.2) is 6.61 Å². The largest absolute Gasteiger partial charge is 0.482 e. The Morgan fingerprint density at radius 2 is 1.69 bits per heavy atom. The van der Waals surface area contributed by atoms with E-state index >= 15 is 0 Å². The minimum atomic E-state index is -1.03. The Balaban J connectivity index is 1.65. The Morgan fingerprint density at radius 3 is 2.35 bits per heavy atom. The number of carboxylic acids is 1. The number of carboxylic acid groups (broad SMARTS) is 1. The number of carbonyl (C=O) groups is 2. The number of nitrogens with zero attached hydrogens (tertiary/aromatic N) is 2. The molecule has 0 aliphatic rings. The van der Waals surface area contributed by atoms with Crippen molar-refractivity contribution in [3.05, 3.63) is 65.5 Å². The average molecular weight is 351 g/mol. The van der Waals surface area contributed by atoms with E-state index in [9.17, 15) is 9.59 Å². The Kier molecular flexibility index (Phi) is 5.07. The van der Waals surface area contributed by atoms with Gasteiger partial charge in [-0.25, -0.2) is 14.8 Å². The molecule has 1 amide bonds. The standard InChI is InChI=1S/C19H17N3O4/c1-12-18(22-16-5-3-2-4-15(16)21-12)19(25)20-10-13-6-8-14(9-7-13)26-11-17(23)24/h2-9H,10-11H2,1H3,(H,20,25)(H,23,24). The molecule has 1 heterocycles. The lowest BCUT2D eigenvalue weighted by Gasteiger charge is -2.09. The van der Waals surface area contributed by atoms with E-state index in [1.165, 1.54) is 0 Å². The number of ether oxygens (including phenoxy) is 1. The van der Waals surface area contributed by atoms with Crippen molar-refractivity contribution in [1.82, 2.24) is 15.3 Å². The molecule has 2 aromatic carbocycles. The molecule has 7 heteroatoms. The maximum Gasteiger partial charge on any atom is 0.341 e. The molecule has 26 heavy (non-hydrogen) atoms. The highest BCUT2D eigenvalue weighted by atomic mass is 16.5. The van der Waals surface area contributed by atoms with Gasteiger partial charge < -0.3 is 15.2 Å². The first-order chi connectivity index (χ1) is 12.5. The van der Waals surface area contributed by atoms with E-state index in [4.69, 9.17) is 9.84 Å². The first-order valence-electron chi connectivity index (χ1n) is 7.98. The Labute approximate surface area is 149 Å². The number of amides is 1. The fraction of sp³-hybridized carbons (Fsp3) is 0.158. The number of nitrogens with one attached hydrogen (secondary N) is 1. The van der Waals surface area contributed by atoms with Gasteiger partial charge in [0.2, 0.25) is 0 Å². The molecule has 0 fully saturated rings. The van der Waals surface area contributed by atoms with Crippen molar-refractivity contribution in [2.45, 2.75) is 13.5 Å². The van der Waals surface area contributed by atoms with Gasteiger partial charge in [0.05, 0.1) is 16.7 Å².